The number of aromatic nitrogens is 3. The monoisotopic (exact) mass is 443 g/mol. The molecule has 0 saturated heterocycles. The first-order valence-corrected chi connectivity index (χ1v) is 10.3. The first-order chi connectivity index (χ1) is 15.0. The number of benzene rings is 2. The highest BCUT2D eigenvalue weighted by molar-refractivity contribution is 7.99. The van der Waals surface area contributed by atoms with Crippen LogP contribution in [0.15, 0.2) is 47.6 Å². The number of ether oxygens (including phenoxy) is 2. The summed E-state index contributed by atoms with van der Waals surface area (Å²) in [4.78, 5) is 22.7. The van der Waals surface area contributed by atoms with Gasteiger partial charge in [0.1, 0.15) is 0 Å². The number of nitro groups is 1. The molecule has 3 rings (SSSR count). The average Bonchev–Trinajstić information content (AvgIpc) is 3.20. The van der Waals surface area contributed by atoms with Crippen LogP contribution < -0.4 is 14.8 Å². The van der Waals surface area contributed by atoms with Gasteiger partial charge in [0.2, 0.25) is 5.91 Å². The highest BCUT2D eigenvalue weighted by Crippen LogP contribution is 2.32. The van der Waals surface area contributed by atoms with Crippen molar-refractivity contribution >= 4 is 29.0 Å². The smallest absolute Gasteiger partial charge is 0.271 e. The maximum atomic E-state index is 12.3. The van der Waals surface area contributed by atoms with E-state index in [4.69, 9.17) is 9.47 Å². The van der Waals surface area contributed by atoms with Crippen LogP contribution in [0.3, 0.4) is 0 Å². The number of nitrogens with zero attached hydrogens (tertiary/aromatic N) is 4. The Kier molecular flexibility index (Phi) is 7.08. The molecule has 2 aromatic carbocycles. The molecular weight excluding hydrogens is 422 g/mol. The van der Waals surface area contributed by atoms with E-state index in [9.17, 15) is 14.9 Å². The molecule has 0 radical (unpaired) electrons. The quantitative estimate of drug-likeness (QED) is 0.302. The van der Waals surface area contributed by atoms with Gasteiger partial charge in [-0.3, -0.25) is 14.9 Å². The second-order valence-electron chi connectivity index (χ2n) is 6.26. The molecule has 0 aliphatic heterocycles. The van der Waals surface area contributed by atoms with E-state index in [1.165, 1.54) is 30.0 Å². The number of thioether (sulfide) groups is 1. The first kappa shape index (κ1) is 22.1. The Bertz CT molecular complexity index is 1100. The molecule has 1 amide bonds. The van der Waals surface area contributed by atoms with Gasteiger partial charge in [-0.2, -0.15) is 0 Å². The fourth-order valence-electron chi connectivity index (χ4n) is 2.89. The fourth-order valence-corrected chi connectivity index (χ4v) is 3.70. The van der Waals surface area contributed by atoms with Crippen molar-refractivity contribution in [1.29, 1.82) is 0 Å². The molecule has 3 aromatic rings. The number of rotatable bonds is 9. The predicted molar refractivity (Wildman–Crippen MR) is 117 cm³/mol. The molecule has 10 nitrogen and oxygen atoms in total. The lowest BCUT2D eigenvalue weighted by molar-refractivity contribution is -0.384. The maximum absolute atomic E-state index is 12.3. The number of carbonyl (C=O) groups excluding carboxylic acids is 1. The Labute approximate surface area is 182 Å². The molecule has 0 atom stereocenters. The van der Waals surface area contributed by atoms with E-state index in [0.717, 1.165) is 5.56 Å². The van der Waals surface area contributed by atoms with Crippen molar-refractivity contribution in [2.24, 2.45) is 0 Å². The summed E-state index contributed by atoms with van der Waals surface area (Å²) in [6, 6.07) is 11.3. The molecule has 31 heavy (non-hydrogen) atoms. The number of nitro benzene ring substituents is 1. The van der Waals surface area contributed by atoms with Gasteiger partial charge in [-0.25, -0.2) is 0 Å². The van der Waals surface area contributed by atoms with Crippen LogP contribution in [0.5, 0.6) is 11.5 Å². The van der Waals surface area contributed by atoms with Crippen LogP contribution in [0, 0.1) is 10.1 Å². The molecule has 11 heteroatoms. The zero-order valence-electron chi connectivity index (χ0n) is 17.2. The minimum absolute atomic E-state index is 0.0761. The second kappa shape index (κ2) is 9.94. The number of hydrogen-bond acceptors (Lipinski definition) is 8. The number of amides is 1. The Morgan fingerprint density at radius 1 is 1.16 bits per heavy atom. The van der Waals surface area contributed by atoms with E-state index in [-0.39, 0.29) is 17.3 Å². The molecule has 0 bridgehead atoms. The van der Waals surface area contributed by atoms with Crippen molar-refractivity contribution in [3.05, 3.63) is 52.6 Å². The Morgan fingerprint density at radius 3 is 2.61 bits per heavy atom. The highest BCUT2D eigenvalue weighted by Gasteiger charge is 2.17. The summed E-state index contributed by atoms with van der Waals surface area (Å²) in [6.45, 7) is 2.56. The normalized spacial score (nSPS) is 10.5. The third-order valence-electron chi connectivity index (χ3n) is 4.35. The summed E-state index contributed by atoms with van der Waals surface area (Å²) in [5.41, 5.74) is 1.08. The third kappa shape index (κ3) is 5.12. The van der Waals surface area contributed by atoms with E-state index in [1.807, 2.05) is 23.6 Å². The molecule has 0 aliphatic carbocycles. The number of non-ortho nitro benzene ring substituents is 1. The summed E-state index contributed by atoms with van der Waals surface area (Å²) in [7, 11) is 3.13. The number of carbonyl (C=O) groups is 1. The lowest BCUT2D eigenvalue weighted by atomic mass is 10.2. The van der Waals surface area contributed by atoms with Crippen molar-refractivity contribution in [2.45, 2.75) is 18.6 Å². The van der Waals surface area contributed by atoms with E-state index in [1.54, 1.807) is 26.4 Å². The van der Waals surface area contributed by atoms with Gasteiger partial charge in [0.15, 0.2) is 22.5 Å². The van der Waals surface area contributed by atoms with Crippen molar-refractivity contribution in [1.82, 2.24) is 14.8 Å². The predicted octanol–water partition coefficient (Wildman–Crippen LogP) is 3.62. The van der Waals surface area contributed by atoms with E-state index in [0.29, 0.717) is 34.7 Å². The highest BCUT2D eigenvalue weighted by atomic mass is 32.2. The average molecular weight is 443 g/mol. The summed E-state index contributed by atoms with van der Waals surface area (Å²) < 4.78 is 12.5. The Hall–Kier alpha value is -3.60. The second-order valence-corrected chi connectivity index (χ2v) is 7.21. The fraction of sp³-hybridized carbons (Fsp3) is 0.250. The summed E-state index contributed by atoms with van der Waals surface area (Å²) >= 11 is 1.23. The van der Waals surface area contributed by atoms with Crippen LogP contribution in [0.2, 0.25) is 0 Å². The van der Waals surface area contributed by atoms with E-state index < -0.39 is 4.92 Å². The molecule has 0 spiro atoms. The van der Waals surface area contributed by atoms with Crippen molar-refractivity contribution in [3.63, 3.8) is 0 Å². The molecular formula is C20H21N5O5S. The van der Waals surface area contributed by atoms with Crippen LogP contribution in [0.1, 0.15) is 6.92 Å². The summed E-state index contributed by atoms with van der Waals surface area (Å²) in [5.74, 6) is 1.61. The molecule has 0 saturated carbocycles. The van der Waals surface area contributed by atoms with Crippen LogP contribution in [0.4, 0.5) is 11.4 Å². The Balaban J connectivity index is 1.72. The van der Waals surface area contributed by atoms with E-state index >= 15 is 0 Å². The van der Waals surface area contributed by atoms with Gasteiger partial charge in [0, 0.05) is 29.9 Å². The molecule has 162 valence electrons. The SMILES string of the molecule is CCn1c(SCC(=O)Nc2cccc([N+](=O)[O-])c2)nnc1-c1ccc(OC)c(OC)c1. The zero-order valence-corrected chi connectivity index (χ0v) is 18.0. The van der Waals surface area contributed by atoms with Crippen molar-refractivity contribution in [2.75, 3.05) is 25.3 Å². The van der Waals surface area contributed by atoms with E-state index in [2.05, 4.69) is 15.5 Å². The minimum Gasteiger partial charge on any atom is -0.493 e. The first-order valence-electron chi connectivity index (χ1n) is 9.29. The molecule has 1 N–H and O–H groups in total. The lowest BCUT2D eigenvalue weighted by Crippen LogP contribution is -2.14. The number of hydrogen-bond donors (Lipinski definition) is 1. The Morgan fingerprint density at radius 2 is 1.94 bits per heavy atom. The van der Waals surface area contributed by atoms with Crippen LogP contribution in [0.25, 0.3) is 11.4 Å². The minimum atomic E-state index is -0.510. The maximum Gasteiger partial charge on any atom is 0.271 e. The third-order valence-corrected chi connectivity index (χ3v) is 5.31. The van der Waals surface area contributed by atoms with Crippen molar-refractivity contribution in [3.8, 4) is 22.9 Å². The van der Waals surface area contributed by atoms with Gasteiger partial charge in [-0.1, -0.05) is 17.8 Å². The van der Waals surface area contributed by atoms with Gasteiger partial charge in [-0.15, -0.1) is 10.2 Å². The van der Waals surface area contributed by atoms with Crippen LogP contribution >= 0.6 is 11.8 Å². The number of methoxy groups -OCH3 is 2. The molecule has 1 heterocycles. The summed E-state index contributed by atoms with van der Waals surface area (Å²) in [5, 5.41) is 22.6. The molecule has 1 aromatic heterocycles. The zero-order chi connectivity index (χ0) is 22.4. The van der Waals surface area contributed by atoms with Gasteiger partial charge in [0.05, 0.1) is 24.9 Å². The molecule has 0 fully saturated rings. The van der Waals surface area contributed by atoms with Gasteiger partial charge >= 0.3 is 0 Å². The molecule has 0 aliphatic rings. The summed E-state index contributed by atoms with van der Waals surface area (Å²) in [6.07, 6.45) is 0. The topological polar surface area (TPSA) is 121 Å². The van der Waals surface area contributed by atoms with Gasteiger partial charge < -0.3 is 19.4 Å². The lowest BCUT2D eigenvalue weighted by Gasteiger charge is -2.11. The van der Waals surface area contributed by atoms with Crippen LogP contribution in [-0.4, -0.2) is 45.6 Å². The van der Waals surface area contributed by atoms with Crippen molar-refractivity contribution < 1.29 is 19.2 Å². The standard InChI is InChI=1S/C20H21N5O5S/c1-4-24-19(13-8-9-16(29-2)17(10-13)30-3)22-23-20(24)31-12-18(26)21-14-6-5-7-15(11-14)25(27)28/h5-11H,4,12H2,1-3H3,(H,21,26). The van der Waals surface area contributed by atoms with Gasteiger partial charge in [0.25, 0.3) is 5.69 Å². The molecule has 0 unspecified atom stereocenters. The number of anilines is 1. The largest absolute Gasteiger partial charge is 0.493 e. The number of nitrogens with one attached hydrogen (secondary N) is 1. The van der Waals surface area contributed by atoms with Crippen LogP contribution in [-0.2, 0) is 11.3 Å². The van der Waals surface area contributed by atoms with Gasteiger partial charge in [-0.05, 0) is 31.2 Å².